The monoisotopic (exact) mass is 335 g/mol. The van der Waals surface area contributed by atoms with Crippen LogP contribution < -0.4 is 5.32 Å². The van der Waals surface area contributed by atoms with Gasteiger partial charge in [-0.2, -0.15) is 0 Å². The van der Waals surface area contributed by atoms with Crippen molar-refractivity contribution in [1.29, 1.82) is 0 Å². The Hall–Kier alpha value is -2.48. The molecule has 0 aliphatic rings. The third kappa shape index (κ3) is 5.67. The Morgan fingerprint density at radius 3 is 2.83 bits per heavy atom. The number of pyridine rings is 1. The van der Waals surface area contributed by atoms with E-state index in [0.29, 0.717) is 23.8 Å². The highest BCUT2D eigenvalue weighted by Gasteiger charge is 2.07. The van der Waals surface area contributed by atoms with Crippen LogP contribution in [0, 0.1) is 10.1 Å². The number of aromatic nitrogens is 1. The number of nitrogens with zero attached hydrogens (tertiary/aromatic N) is 2. The SMILES string of the molecule is O=C(OCCCCCNc1ccc([N+](=O)[O-])cn1)c1cccs1. The number of carbonyl (C=O) groups excluding carboxylic acids is 1. The van der Waals surface area contributed by atoms with E-state index in [9.17, 15) is 14.9 Å². The standard InChI is InChI=1S/C15H17N3O4S/c19-15(13-5-4-10-23-13)22-9-3-1-2-8-16-14-7-6-12(11-17-14)18(20)21/h4-7,10-11H,1-3,8-9H2,(H,16,17). The Kier molecular flexibility index (Phi) is 6.49. The first-order valence-electron chi connectivity index (χ1n) is 7.22. The van der Waals surface area contributed by atoms with Gasteiger partial charge in [-0.15, -0.1) is 11.3 Å². The molecule has 23 heavy (non-hydrogen) atoms. The number of esters is 1. The number of nitro groups is 1. The molecule has 7 nitrogen and oxygen atoms in total. The van der Waals surface area contributed by atoms with Gasteiger partial charge in [0.1, 0.15) is 16.9 Å². The zero-order valence-corrected chi connectivity index (χ0v) is 13.3. The molecule has 1 N–H and O–H groups in total. The maximum absolute atomic E-state index is 11.6. The van der Waals surface area contributed by atoms with Crippen LogP contribution in [0.2, 0.25) is 0 Å². The summed E-state index contributed by atoms with van der Waals surface area (Å²) < 4.78 is 5.16. The molecular formula is C15H17N3O4S. The minimum atomic E-state index is -0.478. The molecule has 0 atom stereocenters. The summed E-state index contributed by atoms with van der Waals surface area (Å²) in [5, 5.41) is 15.4. The Balaban J connectivity index is 1.54. The van der Waals surface area contributed by atoms with Gasteiger partial charge >= 0.3 is 5.97 Å². The number of thiophene rings is 1. The molecule has 0 spiro atoms. The molecule has 2 rings (SSSR count). The van der Waals surface area contributed by atoms with Crippen molar-refractivity contribution in [1.82, 2.24) is 4.98 Å². The van der Waals surface area contributed by atoms with Gasteiger partial charge in [-0.25, -0.2) is 9.78 Å². The lowest BCUT2D eigenvalue weighted by molar-refractivity contribution is -0.385. The van der Waals surface area contributed by atoms with Crippen LogP contribution in [0.25, 0.3) is 0 Å². The van der Waals surface area contributed by atoms with Crippen molar-refractivity contribution in [3.63, 3.8) is 0 Å². The maximum atomic E-state index is 11.6. The van der Waals surface area contributed by atoms with Gasteiger partial charge in [0.2, 0.25) is 0 Å². The van der Waals surface area contributed by atoms with E-state index >= 15 is 0 Å². The molecule has 0 aliphatic carbocycles. The first-order valence-corrected chi connectivity index (χ1v) is 8.10. The van der Waals surface area contributed by atoms with Gasteiger partial charge in [-0.05, 0) is 36.8 Å². The van der Waals surface area contributed by atoms with Crippen LogP contribution in [0.3, 0.4) is 0 Å². The highest BCUT2D eigenvalue weighted by atomic mass is 32.1. The fourth-order valence-corrected chi connectivity index (χ4v) is 2.47. The van der Waals surface area contributed by atoms with Gasteiger partial charge in [0.25, 0.3) is 5.69 Å². The highest BCUT2D eigenvalue weighted by Crippen LogP contribution is 2.12. The lowest BCUT2D eigenvalue weighted by Gasteiger charge is -2.05. The average Bonchev–Trinajstić information content (AvgIpc) is 3.08. The number of rotatable bonds is 9. The highest BCUT2D eigenvalue weighted by molar-refractivity contribution is 7.11. The molecule has 0 aliphatic heterocycles. The number of ether oxygens (including phenoxy) is 1. The Morgan fingerprint density at radius 2 is 2.17 bits per heavy atom. The van der Waals surface area contributed by atoms with Gasteiger partial charge in [0.15, 0.2) is 0 Å². The summed E-state index contributed by atoms with van der Waals surface area (Å²) in [6.07, 6.45) is 3.84. The number of unbranched alkanes of at least 4 members (excludes halogenated alkanes) is 2. The summed E-state index contributed by atoms with van der Waals surface area (Å²) in [6, 6.07) is 6.56. The van der Waals surface area contributed by atoms with Crippen LogP contribution in [0.15, 0.2) is 35.8 Å². The zero-order valence-electron chi connectivity index (χ0n) is 12.4. The van der Waals surface area contributed by atoms with Gasteiger partial charge in [-0.1, -0.05) is 6.07 Å². The molecule has 0 fully saturated rings. The smallest absolute Gasteiger partial charge is 0.348 e. The Morgan fingerprint density at radius 1 is 1.30 bits per heavy atom. The zero-order chi connectivity index (χ0) is 16.5. The van der Waals surface area contributed by atoms with E-state index in [-0.39, 0.29) is 11.7 Å². The first-order chi connectivity index (χ1) is 11.2. The molecule has 2 aromatic heterocycles. The van der Waals surface area contributed by atoms with Crippen molar-refractivity contribution in [3.8, 4) is 0 Å². The maximum Gasteiger partial charge on any atom is 0.348 e. The van der Waals surface area contributed by atoms with Gasteiger partial charge in [-0.3, -0.25) is 10.1 Å². The van der Waals surface area contributed by atoms with Crippen LogP contribution >= 0.6 is 11.3 Å². The van der Waals surface area contributed by atoms with Crippen molar-refractivity contribution in [2.75, 3.05) is 18.5 Å². The van der Waals surface area contributed by atoms with Crippen LogP contribution in [0.5, 0.6) is 0 Å². The Labute approximate surface area is 137 Å². The third-order valence-corrected chi connectivity index (χ3v) is 3.89. The molecular weight excluding hydrogens is 318 g/mol. The molecule has 0 radical (unpaired) electrons. The molecule has 0 saturated heterocycles. The minimum absolute atomic E-state index is 0.0249. The van der Waals surface area contributed by atoms with Crippen molar-refractivity contribution < 1.29 is 14.5 Å². The van der Waals surface area contributed by atoms with Crippen LogP contribution in [-0.2, 0) is 4.74 Å². The van der Waals surface area contributed by atoms with E-state index in [1.165, 1.54) is 23.6 Å². The fourth-order valence-electron chi connectivity index (χ4n) is 1.85. The second kappa shape index (κ2) is 8.84. The Bertz CT molecular complexity index is 629. The van der Waals surface area contributed by atoms with E-state index in [1.54, 1.807) is 12.1 Å². The summed E-state index contributed by atoms with van der Waals surface area (Å²) in [5.74, 6) is 0.341. The summed E-state index contributed by atoms with van der Waals surface area (Å²) in [4.78, 5) is 26.2. The number of hydrogen-bond acceptors (Lipinski definition) is 7. The van der Waals surface area contributed by atoms with Crippen LogP contribution in [0.4, 0.5) is 11.5 Å². The number of nitrogens with one attached hydrogen (secondary N) is 1. The number of carbonyl (C=O) groups is 1. The van der Waals surface area contributed by atoms with E-state index in [2.05, 4.69) is 10.3 Å². The second-order valence-electron chi connectivity index (χ2n) is 4.76. The summed E-state index contributed by atoms with van der Waals surface area (Å²) in [7, 11) is 0. The average molecular weight is 335 g/mol. The lowest BCUT2D eigenvalue weighted by Crippen LogP contribution is -2.06. The quantitative estimate of drug-likeness (QED) is 0.326. The first kappa shape index (κ1) is 16.9. The summed E-state index contributed by atoms with van der Waals surface area (Å²) >= 11 is 1.37. The predicted molar refractivity (Wildman–Crippen MR) is 87.8 cm³/mol. The van der Waals surface area contributed by atoms with E-state index < -0.39 is 4.92 Å². The normalized spacial score (nSPS) is 10.3. The fraction of sp³-hybridized carbons (Fsp3) is 0.333. The van der Waals surface area contributed by atoms with Crippen molar-refractivity contribution in [2.24, 2.45) is 0 Å². The molecule has 2 aromatic rings. The third-order valence-electron chi connectivity index (χ3n) is 3.04. The van der Waals surface area contributed by atoms with Crippen LogP contribution in [-0.4, -0.2) is 29.0 Å². The van der Waals surface area contributed by atoms with Crippen LogP contribution in [0.1, 0.15) is 28.9 Å². The predicted octanol–water partition coefficient (Wildman–Crippen LogP) is 3.49. The molecule has 0 saturated carbocycles. The molecule has 2 heterocycles. The molecule has 0 amide bonds. The summed E-state index contributed by atoms with van der Waals surface area (Å²) in [5.41, 5.74) is -0.0249. The number of hydrogen-bond donors (Lipinski definition) is 1. The number of anilines is 1. The van der Waals surface area contributed by atoms with E-state index in [1.807, 2.05) is 11.4 Å². The largest absolute Gasteiger partial charge is 0.462 e. The molecule has 0 aromatic carbocycles. The second-order valence-corrected chi connectivity index (χ2v) is 5.71. The van der Waals surface area contributed by atoms with Crippen molar-refractivity contribution in [3.05, 3.63) is 50.8 Å². The van der Waals surface area contributed by atoms with Crippen molar-refractivity contribution in [2.45, 2.75) is 19.3 Å². The topological polar surface area (TPSA) is 94.4 Å². The van der Waals surface area contributed by atoms with Gasteiger partial charge in [0, 0.05) is 12.6 Å². The van der Waals surface area contributed by atoms with E-state index in [0.717, 1.165) is 19.3 Å². The van der Waals surface area contributed by atoms with E-state index in [4.69, 9.17) is 4.74 Å². The molecule has 0 unspecified atom stereocenters. The molecule has 122 valence electrons. The lowest BCUT2D eigenvalue weighted by atomic mass is 10.2. The summed E-state index contributed by atoms with van der Waals surface area (Å²) in [6.45, 7) is 1.12. The molecule has 8 heteroatoms. The molecule has 0 bridgehead atoms. The minimum Gasteiger partial charge on any atom is -0.462 e. The van der Waals surface area contributed by atoms with Crippen molar-refractivity contribution >= 4 is 28.8 Å². The van der Waals surface area contributed by atoms with Gasteiger partial charge in [0.05, 0.1) is 11.5 Å². The van der Waals surface area contributed by atoms with Gasteiger partial charge < -0.3 is 10.1 Å².